The summed E-state index contributed by atoms with van der Waals surface area (Å²) in [5.41, 5.74) is 9.77. The summed E-state index contributed by atoms with van der Waals surface area (Å²) in [7, 11) is 1.68. The van der Waals surface area contributed by atoms with Gasteiger partial charge in [-0.2, -0.15) is 0 Å². The van der Waals surface area contributed by atoms with E-state index in [4.69, 9.17) is 10.5 Å². The lowest BCUT2D eigenvalue weighted by molar-refractivity contribution is 0.408. The fraction of sp³-hybridized carbons (Fsp3) is 0.250. The lowest BCUT2D eigenvalue weighted by Crippen LogP contribution is -2.14. The number of methoxy groups -OCH3 is 1. The van der Waals surface area contributed by atoms with Gasteiger partial charge in [0.05, 0.1) is 7.11 Å². The molecule has 0 amide bonds. The number of halogens is 2. The second-order valence-corrected chi connectivity index (χ2v) is 6.56. The second-order valence-electron chi connectivity index (χ2n) is 4.79. The van der Waals surface area contributed by atoms with Gasteiger partial charge in [-0.25, -0.2) is 0 Å². The molecule has 0 aromatic heterocycles. The highest BCUT2D eigenvalue weighted by Gasteiger charge is 2.14. The van der Waals surface area contributed by atoms with Crippen LogP contribution in [0.3, 0.4) is 0 Å². The smallest absolute Gasteiger partial charge is 0.122 e. The van der Waals surface area contributed by atoms with Crippen LogP contribution in [-0.2, 0) is 6.42 Å². The van der Waals surface area contributed by atoms with Crippen molar-refractivity contribution in [1.82, 2.24) is 0 Å². The maximum absolute atomic E-state index is 6.35. The van der Waals surface area contributed by atoms with Gasteiger partial charge in [0.1, 0.15) is 5.75 Å². The van der Waals surface area contributed by atoms with Crippen molar-refractivity contribution in [2.24, 2.45) is 5.73 Å². The number of benzene rings is 2. The van der Waals surface area contributed by atoms with Crippen LogP contribution in [-0.4, -0.2) is 7.11 Å². The van der Waals surface area contributed by atoms with Crippen molar-refractivity contribution in [2.75, 3.05) is 7.11 Å². The molecule has 0 saturated carbocycles. The van der Waals surface area contributed by atoms with E-state index in [1.807, 2.05) is 12.1 Å². The minimum Gasteiger partial charge on any atom is -0.496 e. The van der Waals surface area contributed by atoms with Gasteiger partial charge in [-0.1, -0.05) is 44.0 Å². The number of nitrogens with two attached hydrogens (primary N) is 1. The van der Waals surface area contributed by atoms with E-state index in [2.05, 4.69) is 63.0 Å². The zero-order valence-corrected chi connectivity index (χ0v) is 14.7. The van der Waals surface area contributed by atoms with Crippen LogP contribution in [0.15, 0.2) is 45.3 Å². The fourth-order valence-corrected chi connectivity index (χ4v) is 3.38. The Morgan fingerprint density at radius 2 is 1.90 bits per heavy atom. The van der Waals surface area contributed by atoms with Crippen molar-refractivity contribution in [3.8, 4) is 5.75 Å². The standard InChI is InChI=1S/C16H17Br2NO/c1-10-3-5-13(14(18)7-10)15(19)9-11-8-12(17)4-6-16(11)20-2/h3-8,15H,9,19H2,1-2H3. The van der Waals surface area contributed by atoms with E-state index in [0.717, 1.165) is 32.2 Å². The SMILES string of the molecule is COc1ccc(Br)cc1CC(N)c1ccc(C)cc1Br. The summed E-state index contributed by atoms with van der Waals surface area (Å²) in [5, 5.41) is 0. The largest absolute Gasteiger partial charge is 0.496 e. The van der Waals surface area contributed by atoms with Crippen molar-refractivity contribution >= 4 is 31.9 Å². The average molecular weight is 399 g/mol. The number of hydrogen-bond acceptors (Lipinski definition) is 2. The van der Waals surface area contributed by atoms with Crippen molar-refractivity contribution in [1.29, 1.82) is 0 Å². The molecular formula is C16H17Br2NO. The van der Waals surface area contributed by atoms with Gasteiger partial charge >= 0.3 is 0 Å². The van der Waals surface area contributed by atoms with Crippen LogP contribution in [0.4, 0.5) is 0 Å². The molecule has 2 aromatic carbocycles. The molecule has 1 atom stereocenters. The second kappa shape index (κ2) is 6.74. The number of hydrogen-bond donors (Lipinski definition) is 1. The van der Waals surface area contributed by atoms with E-state index < -0.39 is 0 Å². The maximum Gasteiger partial charge on any atom is 0.122 e. The Morgan fingerprint density at radius 1 is 1.15 bits per heavy atom. The van der Waals surface area contributed by atoms with Gasteiger partial charge in [0.2, 0.25) is 0 Å². The predicted molar refractivity (Wildman–Crippen MR) is 90.2 cm³/mol. The van der Waals surface area contributed by atoms with E-state index in [1.165, 1.54) is 5.56 Å². The molecule has 0 heterocycles. The van der Waals surface area contributed by atoms with E-state index in [0.29, 0.717) is 0 Å². The molecule has 20 heavy (non-hydrogen) atoms. The van der Waals surface area contributed by atoms with Gasteiger partial charge in [-0.05, 0) is 54.3 Å². The molecule has 0 aliphatic rings. The Bertz CT molecular complexity index is 613. The molecule has 0 bridgehead atoms. The molecule has 0 fully saturated rings. The third-order valence-corrected chi connectivity index (χ3v) is 4.42. The van der Waals surface area contributed by atoms with Gasteiger partial charge < -0.3 is 10.5 Å². The molecule has 2 nitrogen and oxygen atoms in total. The van der Waals surface area contributed by atoms with Crippen LogP contribution in [0.2, 0.25) is 0 Å². The number of aryl methyl sites for hydroxylation is 1. The highest BCUT2D eigenvalue weighted by molar-refractivity contribution is 9.10. The average Bonchev–Trinajstić information content (AvgIpc) is 2.38. The van der Waals surface area contributed by atoms with Gasteiger partial charge in [0.25, 0.3) is 0 Å². The Morgan fingerprint density at radius 3 is 2.55 bits per heavy atom. The first-order valence-corrected chi connectivity index (χ1v) is 7.94. The molecular weight excluding hydrogens is 382 g/mol. The molecule has 0 aliphatic carbocycles. The van der Waals surface area contributed by atoms with Crippen LogP contribution in [0.1, 0.15) is 22.7 Å². The molecule has 0 radical (unpaired) electrons. The first-order chi connectivity index (χ1) is 9.51. The molecule has 0 saturated heterocycles. The quantitative estimate of drug-likeness (QED) is 0.804. The zero-order valence-electron chi connectivity index (χ0n) is 11.5. The van der Waals surface area contributed by atoms with E-state index in [9.17, 15) is 0 Å². The Balaban J connectivity index is 2.27. The highest BCUT2D eigenvalue weighted by Crippen LogP contribution is 2.30. The molecule has 4 heteroatoms. The van der Waals surface area contributed by atoms with Crippen LogP contribution in [0.5, 0.6) is 5.75 Å². The summed E-state index contributed by atoms with van der Waals surface area (Å²) in [6, 6.07) is 12.2. The van der Waals surface area contributed by atoms with Crippen molar-refractivity contribution in [3.05, 3.63) is 62.0 Å². The van der Waals surface area contributed by atoms with Gasteiger partial charge in [-0.3, -0.25) is 0 Å². The number of ether oxygens (including phenoxy) is 1. The fourth-order valence-electron chi connectivity index (χ4n) is 2.19. The Hall–Kier alpha value is -0.840. The highest BCUT2D eigenvalue weighted by atomic mass is 79.9. The molecule has 2 rings (SSSR count). The topological polar surface area (TPSA) is 35.2 Å². The van der Waals surface area contributed by atoms with Crippen molar-refractivity contribution in [2.45, 2.75) is 19.4 Å². The summed E-state index contributed by atoms with van der Waals surface area (Å²) < 4.78 is 7.48. The lowest BCUT2D eigenvalue weighted by Gasteiger charge is -2.16. The summed E-state index contributed by atoms with van der Waals surface area (Å²) in [6.45, 7) is 2.07. The predicted octanol–water partition coefficient (Wildman–Crippen LogP) is 4.77. The summed E-state index contributed by atoms with van der Waals surface area (Å²) in [6.07, 6.45) is 0.726. The molecule has 106 valence electrons. The third-order valence-electron chi connectivity index (χ3n) is 3.24. The minimum absolute atomic E-state index is 0.0758. The van der Waals surface area contributed by atoms with E-state index in [1.54, 1.807) is 7.11 Å². The zero-order chi connectivity index (χ0) is 14.7. The van der Waals surface area contributed by atoms with Crippen molar-refractivity contribution < 1.29 is 4.74 Å². The first-order valence-electron chi connectivity index (χ1n) is 6.35. The molecule has 1 unspecified atom stereocenters. The maximum atomic E-state index is 6.35. The normalized spacial score (nSPS) is 12.2. The third kappa shape index (κ3) is 3.62. The Kier molecular flexibility index (Phi) is 5.24. The number of rotatable bonds is 4. The Labute approximate surface area is 136 Å². The monoisotopic (exact) mass is 397 g/mol. The summed E-state index contributed by atoms with van der Waals surface area (Å²) in [4.78, 5) is 0. The van der Waals surface area contributed by atoms with E-state index >= 15 is 0 Å². The van der Waals surface area contributed by atoms with E-state index in [-0.39, 0.29) is 6.04 Å². The molecule has 2 aromatic rings. The first kappa shape index (κ1) is 15.5. The molecule has 0 spiro atoms. The van der Waals surface area contributed by atoms with Crippen LogP contribution >= 0.6 is 31.9 Å². The van der Waals surface area contributed by atoms with Gasteiger partial charge in [0.15, 0.2) is 0 Å². The van der Waals surface area contributed by atoms with Crippen LogP contribution < -0.4 is 10.5 Å². The van der Waals surface area contributed by atoms with Crippen LogP contribution in [0, 0.1) is 6.92 Å². The molecule has 2 N–H and O–H groups in total. The molecule has 0 aliphatic heterocycles. The minimum atomic E-state index is -0.0758. The lowest BCUT2D eigenvalue weighted by atomic mass is 9.98. The van der Waals surface area contributed by atoms with Gasteiger partial charge in [0, 0.05) is 15.0 Å². The summed E-state index contributed by atoms with van der Waals surface area (Å²) in [5.74, 6) is 0.867. The van der Waals surface area contributed by atoms with Crippen LogP contribution in [0.25, 0.3) is 0 Å². The summed E-state index contributed by atoms with van der Waals surface area (Å²) >= 11 is 7.08. The van der Waals surface area contributed by atoms with Crippen molar-refractivity contribution in [3.63, 3.8) is 0 Å². The van der Waals surface area contributed by atoms with Gasteiger partial charge in [-0.15, -0.1) is 0 Å².